The molecule has 9 heterocycles. The Labute approximate surface area is 696 Å². The van der Waals surface area contributed by atoms with Crippen molar-refractivity contribution in [3.63, 3.8) is 0 Å². The van der Waals surface area contributed by atoms with Crippen molar-refractivity contribution in [2.45, 2.75) is 209 Å². The van der Waals surface area contributed by atoms with Crippen molar-refractivity contribution in [2.24, 2.45) is 0 Å². The van der Waals surface area contributed by atoms with Crippen LogP contribution in [-0.4, -0.2) is 79.7 Å². The van der Waals surface area contributed by atoms with Crippen LogP contribution in [0.2, 0.25) is 0 Å². The van der Waals surface area contributed by atoms with E-state index in [0.29, 0.717) is 112 Å². The first kappa shape index (κ1) is 74.9. The van der Waals surface area contributed by atoms with E-state index in [4.69, 9.17) is 69.8 Å². The summed E-state index contributed by atoms with van der Waals surface area (Å²) in [6.07, 6.45) is 0. The van der Waals surface area contributed by atoms with Gasteiger partial charge in [0, 0.05) is 43.1 Å². The molecule has 8 bridgehead atoms. The molecular weight excluding hydrogens is 1470 g/mol. The first-order chi connectivity index (χ1) is 56.4. The Morgan fingerprint density at radius 3 is 0.433 bits per heavy atom. The summed E-state index contributed by atoms with van der Waals surface area (Å²) < 4.78 is 0. The number of rotatable bonds is 0. The average molecular weight is 1570 g/mol. The molecule has 16 heteroatoms. The Morgan fingerprint density at radius 1 is 0.150 bits per heavy atom. The second-order valence-corrected chi connectivity index (χ2v) is 42.2. The van der Waals surface area contributed by atoms with Crippen LogP contribution >= 0.6 is 0 Å². The molecule has 0 radical (unpaired) electrons. The molecule has 16 nitrogen and oxygen atoms in total. The van der Waals surface area contributed by atoms with Gasteiger partial charge in [0.2, 0.25) is 0 Å². The number of hydrogen-bond donors (Lipinski definition) is 2. The summed E-state index contributed by atoms with van der Waals surface area (Å²) in [5, 5.41) is 16.2. The standard InChI is InChI=1S/C104H98N16/c1-97(2,3)49-25-33-57-65(41-49)66-42-50(98(4,5)6)26-34-58(66)74-73(57)105-81-82(106-74)90-113-89(81)117-91-83-84(108-76-60-36-28-52(100(10,11)12)44-68(60)67-43-51(99(7,8)9)27-35-59(67)75(76)107-83)93(114-91)119-95-87-88(112-80-64-40-32-56(104(22,23)24)48-72(64)71-47-55(103(19,20)21)31-39-63(71)79(80)111-87)96(116-95)120-94-86-85(92(115-94)118-90)109-77-61-37-29-53(101(13,14)15)45-69(61)70-46-54(102(16,17)18)30-38-62(70)78(77)110-86/h25-48H,1-24H3,(H2,113,114,115,116,117,118,119,120). The number of aromatic nitrogens is 16. The summed E-state index contributed by atoms with van der Waals surface area (Å²) in [4.78, 5) is 88.3. The Balaban J connectivity index is 0.955. The van der Waals surface area contributed by atoms with E-state index >= 15 is 0 Å². The predicted octanol–water partition coefficient (Wildman–Crippen LogP) is 26.2. The fourth-order valence-electron chi connectivity index (χ4n) is 18.0. The number of aromatic amines is 2. The summed E-state index contributed by atoms with van der Waals surface area (Å²) in [5.74, 6) is 0.986. The molecule has 7 aromatic heterocycles. The molecule has 19 aromatic rings. The van der Waals surface area contributed by atoms with Crippen LogP contribution in [0, 0.1) is 0 Å². The molecular formula is C104H98N16. The summed E-state index contributed by atoms with van der Waals surface area (Å²) in [6, 6.07) is 54.3. The number of nitrogens with zero attached hydrogens (tertiary/aromatic N) is 14. The lowest BCUT2D eigenvalue weighted by Gasteiger charge is -2.22. The molecule has 2 aliphatic heterocycles. The molecule has 120 heavy (non-hydrogen) atoms. The van der Waals surface area contributed by atoms with Gasteiger partial charge in [-0.1, -0.05) is 263 Å². The molecule has 0 atom stereocenters. The minimum Gasteiger partial charge on any atom is -0.321 e. The van der Waals surface area contributed by atoms with Gasteiger partial charge in [0.25, 0.3) is 0 Å². The van der Waals surface area contributed by atoms with Crippen molar-refractivity contribution >= 4 is 175 Å². The van der Waals surface area contributed by atoms with Crippen molar-refractivity contribution in [1.82, 2.24) is 79.7 Å². The number of nitrogens with one attached hydrogen (secondary N) is 2. The van der Waals surface area contributed by atoms with E-state index in [9.17, 15) is 0 Å². The fourth-order valence-corrected chi connectivity index (χ4v) is 18.0. The van der Waals surface area contributed by atoms with Gasteiger partial charge < -0.3 is 9.97 Å². The summed E-state index contributed by atoms with van der Waals surface area (Å²) in [5.41, 5.74) is 18.9. The highest BCUT2D eigenvalue weighted by Gasteiger charge is 2.34. The molecule has 0 unspecified atom stereocenters. The topological polar surface area (TPSA) is 212 Å². The lowest BCUT2D eigenvalue weighted by atomic mass is 9.83. The number of H-pyrrole nitrogens is 2. The van der Waals surface area contributed by atoms with Crippen molar-refractivity contribution in [3.8, 4) is 46.1 Å². The smallest absolute Gasteiger partial charge is 0.184 e. The molecule has 594 valence electrons. The average Bonchev–Trinajstić information content (AvgIpc) is 1.48. The largest absolute Gasteiger partial charge is 0.321 e. The Morgan fingerprint density at radius 2 is 0.292 bits per heavy atom. The normalized spacial score (nSPS) is 13.7. The van der Waals surface area contributed by atoms with Crippen molar-refractivity contribution < 1.29 is 0 Å². The number of benzene rings is 12. The summed E-state index contributed by atoms with van der Waals surface area (Å²) in [6.45, 7) is 54.3. The highest BCUT2D eigenvalue weighted by Crippen LogP contribution is 2.48. The van der Waals surface area contributed by atoms with E-state index in [-0.39, 0.29) is 66.6 Å². The molecule has 12 aromatic carbocycles. The second kappa shape index (κ2) is 24.6. The molecule has 0 saturated carbocycles. The van der Waals surface area contributed by atoms with E-state index in [1.807, 2.05) is 0 Å². The molecule has 0 saturated heterocycles. The Bertz CT molecular complexity index is 7170. The van der Waals surface area contributed by atoms with Gasteiger partial charge in [-0.25, -0.2) is 69.8 Å². The second-order valence-electron chi connectivity index (χ2n) is 42.2. The lowest BCUT2D eigenvalue weighted by Crippen LogP contribution is -2.11. The third kappa shape index (κ3) is 11.6. The molecule has 0 amide bonds. The van der Waals surface area contributed by atoms with E-state index in [1.165, 1.54) is 44.5 Å². The van der Waals surface area contributed by atoms with E-state index in [2.05, 4.69) is 322 Å². The van der Waals surface area contributed by atoms with Gasteiger partial charge in [0.1, 0.15) is 44.8 Å². The fraction of sp³-hybridized carbons (Fsp3) is 0.308. The van der Waals surface area contributed by atoms with Crippen molar-refractivity contribution in [1.29, 1.82) is 0 Å². The van der Waals surface area contributed by atoms with E-state index < -0.39 is 0 Å². The zero-order chi connectivity index (χ0) is 84.0. The van der Waals surface area contributed by atoms with Gasteiger partial charge in [0.05, 0.1) is 44.1 Å². The maximum atomic E-state index is 5.84. The SMILES string of the molecule is CC(C)(C)c1ccc2c(c1)c1cc(C(C)(C)C)ccc1c1nc3c(nc21)-c1nc-3nc2[nH]c(nc3nc(nc4[nH]c(n1)c1nc5c6ccc(C(C)(C)C)cc6c6cc(C(C)(C)C)ccc6c5nc41)-c1nc4c5ccc(C(C)(C)C)cc5c5cc(C(C)(C)C)ccc5c4nc1-3)c1nc3c4ccc(C(C)(C)C)cc4c4cc(C(C)(C)C)ccc4c3nc21. The van der Waals surface area contributed by atoms with Gasteiger partial charge in [0.15, 0.2) is 45.9 Å². The predicted molar refractivity (Wildman–Crippen MR) is 498 cm³/mol. The number of hydrogen-bond acceptors (Lipinski definition) is 14. The summed E-state index contributed by atoms with van der Waals surface area (Å²) >= 11 is 0. The molecule has 0 spiro atoms. The molecule has 2 N–H and O–H groups in total. The highest BCUT2D eigenvalue weighted by atomic mass is 15.1. The van der Waals surface area contributed by atoms with Crippen molar-refractivity contribution in [3.05, 3.63) is 190 Å². The third-order valence-electron chi connectivity index (χ3n) is 25.4. The Kier molecular flexibility index (Phi) is 15.3. The van der Waals surface area contributed by atoms with Crippen LogP contribution in [0.4, 0.5) is 0 Å². The molecule has 2 aliphatic rings. The van der Waals surface area contributed by atoms with E-state index in [1.54, 1.807) is 0 Å². The van der Waals surface area contributed by atoms with E-state index in [0.717, 1.165) is 86.2 Å². The molecule has 0 aliphatic carbocycles. The quantitative estimate of drug-likeness (QED) is 0.135. The highest BCUT2D eigenvalue weighted by molar-refractivity contribution is 6.29. The van der Waals surface area contributed by atoms with Crippen LogP contribution in [0.3, 0.4) is 0 Å². The van der Waals surface area contributed by atoms with Gasteiger partial charge in [-0.2, -0.15) is 0 Å². The van der Waals surface area contributed by atoms with Crippen LogP contribution < -0.4 is 0 Å². The van der Waals surface area contributed by atoms with Crippen molar-refractivity contribution in [2.75, 3.05) is 0 Å². The zero-order valence-corrected chi connectivity index (χ0v) is 73.1. The zero-order valence-electron chi connectivity index (χ0n) is 73.1. The Hall–Kier alpha value is -12.6. The third-order valence-corrected chi connectivity index (χ3v) is 25.4. The van der Waals surface area contributed by atoms with Gasteiger partial charge >= 0.3 is 0 Å². The van der Waals surface area contributed by atoms with Gasteiger partial charge in [-0.15, -0.1) is 0 Å². The van der Waals surface area contributed by atoms with Gasteiger partial charge in [-0.05, 0) is 179 Å². The van der Waals surface area contributed by atoms with Crippen LogP contribution in [-0.2, 0) is 43.3 Å². The van der Waals surface area contributed by atoms with Crippen LogP contribution in [0.5, 0.6) is 0 Å². The van der Waals surface area contributed by atoms with Crippen LogP contribution in [0.15, 0.2) is 146 Å². The van der Waals surface area contributed by atoms with Crippen LogP contribution in [0.25, 0.3) is 221 Å². The monoisotopic (exact) mass is 1570 g/mol. The first-order valence-electron chi connectivity index (χ1n) is 42.2. The lowest BCUT2D eigenvalue weighted by molar-refractivity contribution is 0.590. The molecule has 21 rings (SSSR count). The first-order valence-corrected chi connectivity index (χ1v) is 42.2. The number of fused-ring (bicyclic) bond motifs is 44. The van der Waals surface area contributed by atoms with Crippen LogP contribution in [0.1, 0.15) is 211 Å². The maximum Gasteiger partial charge on any atom is 0.184 e. The minimum atomic E-state index is -0.153. The summed E-state index contributed by atoms with van der Waals surface area (Å²) in [7, 11) is 0. The maximum absolute atomic E-state index is 5.84. The van der Waals surface area contributed by atoms with Gasteiger partial charge in [-0.3, -0.25) is 0 Å². The molecule has 0 fully saturated rings. The minimum absolute atomic E-state index is 0.153.